The molecular formula is C21H26FNO. The maximum atomic E-state index is 14.3. The lowest BCUT2D eigenvalue weighted by Crippen LogP contribution is -2.12. The number of rotatable bonds is 5. The molecule has 128 valence electrons. The van der Waals surface area contributed by atoms with E-state index in [-0.39, 0.29) is 5.82 Å². The predicted molar refractivity (Wildman–Crippen MR) is 95.8 cm³/mol. The van der Waals surface area contributed by atoms with E-state index in [4.69, 9.17) is 4.74 Å². The van der Waals surface area contributed by atoms with Crippen LogP contribution < -0.4 is 4.74 Å². The van der Waals surface area contributed by atoms with Crippen molar-refractivity contribution in [1.29, 1.82) is 0 Å². The van der Waals surface area contributed by atoms with Gasteiger partial charge in [0.2, 0.25) is 0 Å². The minimum atomic E-state index is -0.287. The van der Waals surface area contributed by atoms with Crippen LogP contribution in [0.5, 0.6) is 5.75 Å². The van der Waals surface area contributed by atoms with Crippen LogP contribution in [0.2, 0.25) is 0 Å². The molecule has 1 aliphatic rings. The summed E-state index contributed by atoms with van der Waals surface area (Å²) in [6, 6.07) is 9.04. The summed E-state index contributed by atoms with van der Waals surface area (Å²) in [4.78, 5) is 4.52. The van der Waals surface area contributed by atoms with Crippen LogP contribution in [0.15, 0.2) is 36.5 Å². The quantitative estimate of drug-likeness (QED) is 0.675. The van der Waals surface area contributed by atoms with E-state index in [0.717, 1.165) is 5.92 Å². The predicted octanol–water partition coefficient (Wildman–Crippen LogP) is 5.97. The zero-order chi connectivity index (χ0) is 16.9. The first-order valence-corrected chi connectivity index (χ1v) is 9.10. The fourth-order valence-electron chi connectivity index (χ4n) is 3.67. The molecule has 2 aromatic rings. The molecule has 1 aromatic carbocycles. The van der Waals surface area contributed by atoms with E-state index < -0.39 is 0 Å². The van der Waals surface area contributed by atoms with Crippen LogP contribution in [0.3, 0.4) is 0 Å². The van der Waals surface area contributed by atoms with Crippen LogP contribution >= 0.6 is 0 Å². The van der Waals surface area contributed by atoms with E-state index in [1.54, 1.807) is 12.1 Å². The second kappa shape index (κ2) is 7.78. The number of ether oxygens (including phenoxy) is 1. The Bertz CT molecular complexity index is 660. The van der Waals surface area contributed by atoms with Gasteiger partial charge in [-0.25, -0.2) is 4.39 Å². The minimum Gasteiger partial charge on any atom is -0.494 e. The molecule has 0 bridgehead atoms. The minimum absolute atomic E-state index is 0.287. The van der Waals surface area contributed by atoms with Crippen molar-refractivity contribution < 1.29 is 9.13 Å². The Hall–Kier alpha value is -1.90. The lowest BCUT2D eigenvalue weighted by molar-refractivity contribution is 0.318. The van der Waals surface area contributed by atoms with Crippen LogP contribution in [0, 0.1) is 11.7 Å². The second-order valence-corrected chi connectivity index (χ2v) is 6.68. The van der Waals surface area contributed by atoms with Gasteiger partial charge in [0.15, 0.2) is 0 Å². The van der Waals surface area contributed by atoms with Gasteiger partial charge in [-0.2, -0.15) is 0 Å². The van der Waals surface area contributed by atoms with Crippen LogP contribution in [-0.2, 0) is 0 Å². The SMILES string of the molecule is CCOc1ccc(-c2ccc([C@H]3CC[C@H](CC)CC3)cn2)c(F)c1. The molecule has 1 aliphatic carbocycles. The summed E-state index contributed by atoms with van der Waals surface area (Å²) in [7, 11) is 0. The molecule has 2 nitrogen and oxygen atoms in total. The van der Waals surface area contributed by atoms with Gasteiger partial charge in [-0.15, -0.1) is 0 Å². The molecule has 1 aromatic heterocycles. The first kappa shape index (κ1) is 16.9. The lowest BCUT2D eigenvalue weighted by atomic mass is 9.78. The molecule has 3 rings (SSSR count). The highest BCUT2D eigenvalue weighted by atomic mass is 19.1. The van der Waals surface area contributed by atoms with Gasteiger partial charge in [0.25, 0.3) is 0 Å². The number of halogens is 1. The van der Waals surface area contributed by atoms with Gasteiger partial charge in [-0.3, -0.25) is 4.98 Å². The summed E-state index contributed by atoms with van der Waals surface area (Å²) in [5.41, 5.74) is 2.50. The highest BCUT2D eigenvalue weighted by Gasteiger charge is 2.21. The molecule has 0 radical (unpaired) electrons. The molecule has 3 heteroatoms. The number of aromatic nitrogens is 1. The van der Waals surface area contributed by atoms with Gasteiger partial charge in [0.1, 0.15) is 11.6 Å². The maximum Gasteiger partial charge on any atom is 0.136 e. The molecule has 0 unspecified atom stereocenters. The number of nitrogens with zero attached hydrogens (tertiary/aromatic N) is 1. The van der Waals surface area contributed by atoms with Crippen molar-refractivity contribution in [2.45, 2.75) is 51.9 Å². The molecule has 1 saturated carbocycles. The van der Waals surface area contributed by atoms with Crippen molar-refractivity contribution in [3.63, 3.8) is 0 Å². The second-order valence-electron chi connectivity index (χ2n) is 6.68. The first-order valence-electron chi connectivity index (χ1n) is 9.10. The standard InChI is InChI=1S/C21H26FNO/c1-3-15-5-7-16(8-6-15)17-9-12-21(23-14-17)19-11-10-18(24-4-2)13-20(19)22/h9-16H,3-8H2,1-2H3/t15-,16-. The Morgan fingerprint density at radius 1 is 1.08 bits per heavy atom. The maximum absolute atomic E-state index is 14.3. The molecule has 0 amide bonds. The number of hydrogen-bond donors (Lipinski definition) is 0. The van der Waals surface area contributed by atoms with Crippen molar-refractivity contribution in [2.75, 3.05) is 6.61 Å². The van der Waals surface area contributed by atoms with Gasteiger partial charge in [-0.05, 0) is 68.2 Å². The smallest absolute Gasteiger partial charge is 0.136 e. The summed E-state index contributed by atoms with van der Waals surface area (Å²) in [5, 5.41) is 0. The van der Waals surface area contributed by atoms with Crippen LogP contribution in [0.1, 0.15) is 57.4 Å². The molecule has 0 spiro atoms. The largest absolute Gasteiger partial charge is 0.494 e. The first-order chi connectivity index (χ1) is 11.7. The number of benzene rings is 1. The monoisotopic (exact) mass is 327 g/mol. The average Bonchev–Trinajstić information content (AvgIpc) is 2.62. The topological polar surface area (TPSA) is 22.1 Å². The van der Waals surface area contributed by atoms with E-state index in [9.17, 15) is 4.39 Å². The van der Waals surface area contributed by atoms with E-state index in [2.05, 4.69) is 18.0 Å². The van der Waals surface area contributed by atoms with Gasteiger partial charge < -0.3 is 4.74 Å². The van der Waals surface area contributed by atoms with Gasteiger partial charge in [0, 0.05) is 17.8 Å². The Balaban J connectivity index is 1.73. The van der Waals surface area contributed by atoms with Gasteiger partial charge >= 0.3 is 0 Å². The molecule has 0 aliphatic heterocycles. The van der Waals surface area contributed by atoms with Crippen molar-refractivity contribution in [3.8, 4) is 17.0 Å². The van der Waals surface area contributed by atoms with Crippen LogP contribution in [0.25, 0.3) is 11.3 Å². The molecule has 1 heterocycles. The fraction of sp³-hybridized carbons (Fsp3) is 0.476. The highest BCUT2D eigenvalue weighted by Crippen LogP contribution is 2.37. The average molecular weight is 327 g/mol. The van der Waals surface area contributed by atoms with Crippen molar-refractivity contribution in [3.05, 3.63) is 47.9 Å². The van der Waals surface area contributed by atoms with E-state index >= 15 is 0 Å². The summed E-state index contributed by atoms with van der Waals surface area (Å²) in [6.45, 7) is 4.71. The Morgan fingerprint density at radius 2 is 1.88 bits per heavy atom. The molecule has 0 atom stereocenters. The van der Waals surface area contributed by atoms with Crippen LogP contribution in [0.4, 0.5) is 4.39 Å². The summed E-state index contributed by atoms with van der Waals surface area (Å²) >= 11 is 0. The summed E-state index contributed by atoms with van der Waals surface area (Å²) in [5.74, 6) is 1.78. The lowest BCUT2D eigenvalue weighted by Gasteiger charge is -2.27. The van der Waals surface area contributed by atoms with Gasteiger partial charge in [0.05, 0.1) is 12.3 Å². The number of hydrogen-bond acceptors (Lipinski definition) is 2. The third-order valence-electron chi connectivity index (χ3n) is 5.21. The van der Waals surface area contributed by atoms with E-state index in [0.29, 0.717) is 29.5 Å². The molecular weight excluding hydrogens is 301 g/mol. The zero-order valence-corrected chi connectivity index (χ0v) is 14.6. The van der Waals surface area contributed by atoms with E-state index in [1.165, 1.54) is 43.7 Å². The Labute approximate surface area is 144 Å². The van der Waals surface area contributed by atoms with Gasteiger partial charge in [-0.1, -0.05) is 19.4 Å². The summed E-state index contributed by atoms with van der Waals surface area (Å²) < 4.78 is 19.6. The molecule has 24 heavy (non-hydrogen) atoms. The number of pyridine rings is 1. The molecule has 0 saturated heterocycles. The van der Waals surface area contributed by atoms with Crippen molar-refractivity contribution in [1.82, 2.24) is 4.98 Å². The summed E-state index contributed by atoms with van der Waals surface area (Å²) in [6.07, 6.45) is 8.35. The highest BCUT2D eigenvalue weighted by molar-refractivity contribution is 5.61. The Kier molecular flexibility index (Phi) is 5.49. The Morgan fingerprint density at radius 3 is 2.46 bits per heavy atom. The molecule has 1 fully saturated rings. The van der Waals surface area contributed by atoms with Crippen LogP contribution in [-0.4, -0.2) is 11.6 Å². The van der Waals surface area contributed by atoms with Crippen molar-refractivity contribution in [2.24, 2.45) is 5.92 Å². The van der Waals surface area contributed by atoms with E-state index in [1.807, 2.05) is 19.2 Å². The normalized spacial score (nSPS) is 20.8. The fourth-order valence-corrected chi connectivity index (χ4v) is 3.67. The third-order valence-corrected chi connectivity index (χ3v) is 5.21. The third kappa shape index (κ3) is 3.77. The molecule has 0 N–H and O–H groups in total. The van der Waals surface area contributed by atoms with Crippen molar-refractivity contribution >= 4 is 0 Å². The zero-order valence-electron chi connectivity index (χ0n) is 14.6.